The quantitative estimate of drug-likeness (QED) is 0.789. The first-order valence-corrected chi connectivity index (χ1v) is 5.76. The van der Waals surface area contributed by atoms with Gasteiger partial charge in [-0.1, -0.05) is 13.8 Å². The van der Waals surface area contributed by atoms with Gasteiger partial charge in [0.05, 0.1) is 0 Å². The summed E-state index contributed by atoms with van der Waals surface area (Å²) in [5, 5.41) is 2.17. The molecule has 0 aliphatic carbocycles. The van der Waals surface area contributed by atoms with Crippen LogP contribution in [0.5, 0.6) is 0 Å². The van der Waals surface area contributed by atoms with Crippen LogP contribution in [-0.2, 0) is 6.42 Å². The van der Waals surface area contributed by atoms with Gasteiger partial charge in [0, 0.05) is 4.88 Å². The molecule has 0 amide bonds. The van der Waals surface area contributed by atoms with Crippen molar-refractivity contribution in [2.45, 2.75) is 27.2 Å². The van der Waals surface area contributed by atoms with Gasteiger partial charge in [-0.2, -0.15) is 0 Å². The van der Waals surface area contributed by atoms with E-state index >= 15 is 0 Å². The Morgan fingerprint density at radius 2 is 2.15 bits per heavy atom. The molecular formula is C11H19NS. The van der Waals surface area contributed by atoms with Gasteiger partial charge in [-0.25, -0.2) is 0 Å². The number of aryl methyl sites for hydroxylation is 1. The third-order valence-corrected chi connectivity index (χ3v) is 3.71. The number of thiophene rings is 1. The molecule has 1 nitrogen and oxygen atoms in total. The van der Waals surface area contributed by atoms with Crippen LogP contribution in [0.4, 0.5) is 0 Å². The summed E-state index contributed by atoms with van der Waals surface area (Å²) in [6.45, 7) is 7.48. The lowest BCUT2D eigenvalue weighted by Gasteiger charge is -2.18. The van der Waals surface area contributed by atoms with Crippen molar-refractivity contribution in [3.8, 4) is 0 Å². The Morgan fingerprint density at radius 1 is 1.46 bits per heavy atom. The fourth-order valence-electron chi connectivity index (χ4n) is 1.44. The predicted octanol–water partition coefficient (Wildman–Crippen LogP) is 2.83. The van der Waals surface area contributed by atoms with Gasteiger partial charge >= 0.3 is 0 Å². The van der Waals surface area contributed by atoms with E-state index in [1.165, 1.54) is 10.4 Å². The summed E-state index contributed by atoms with van der Waals surface area (Å²) in [4.78, 5) is 1.50. The van der Waals surface area contributed by atoms with Gasteiger partial charge in [-0.3, -0.25) is 0 Å². The normalized spacial score (nSPS) is 13.6. The first-order chi connectivity index (χ1) is 6.15. The van der Waals surface area contributed by atoms with Crippen LogP contribution >= 0.6 is 11.3 Å². The highest BCUT2D eigenvalue weighted by atomic mass is 32.1. The fourth-order valence-corrected chi connectivity index (χ4v) is 2.44. The second kappa shape index (κ2) is 4.77. The van der Waals surface area contributed by atoms with Crippen LogP contribution < -0.4 is 5.73 Å². The molecule has 13 heavy (non-hydrogen) atoms. The Balaban J connectivity index is 2.62. The maximum atomic E-state index is 5.74. The van der Waals surface area contributed by atoms with E-state index in [0.717, 1.165) is 13.0 Å². The van der Waals surface area contributed by atoms with E-state index in [4.69, 9.17) is 5.73 Å². The molecule has 0 aliphatic rings. The lowest BCUT2D eigenvalue weighted by molar-refractivity contribution is 0.393. The van der Waals surface area contributed by atoms with Gasteiger partial charge in [0.1, 0.15) is 0 Å². The van der Waals surface area contributed by atoms with E-state index in [1.807, 2.05) is 11.3 Å². The molecule has 1 rings (SSSR count). The molecule has 1 aromatic rings. The summed E-state index contributed by atoms with van der Waals surface area (Å²) in [6, 6.07) is 2.19. The van der Waals surface area contributed by atoms with Crippen molar-refractivity contribution in [2.24, 2.45) is 17.6 Å². The van der Waals surface area contributed by atoms with Crippen LogP contribution in [0.1, 0.15) is 24.3 Å². The van der Waals surface area contributed by atoms with Gasteiger partial charge in [0.25, 0.3) is 0 Å². The summed E-state index contributed by atoms with van der Waals surface area (Å²) in [7, 11) is 0. The molecular weight excluding hydrogens is 178 g/mol. The van der Waals surface area contributed by atoms with Gasteiger partial charge in [-0.15, -0.1) is 11.3 Å². The summed E-state index contributed by atoms with van der Waals surface area (Å²) >= 11 is 1.86. The maximum absolute atomic E-state index is 5.74. The molecule has 0 radical (unpaired) electrons. The van der Waals surface area contributed by atoms with Crippen molar-refractivity contribution in [1.29, 1.82) is 0 Å². The maximum Gasteiger partial charge on any atom is 0.00777 e. The standard InChI is InChI=1S/C11H19NS/c1-8(2)10(7-12)6-11-9(3)4-5-13-11/h4-5,8,10H,6-7,12H2,1-3H3. The third kappa shape index (κ3) is 2.82. The molecule has 2 heteroatoms. The number of hydrogen-bond donors (Lipinski definition) is 1. The minimum absolute atomic E-state index is 0.636. The van der Waals surface area contributed by atoms with Crippen LogP contribution in [-0.4, -0.2) is 6.54 Å². The largest absolute Gasteiger partial charge is 0.330 e. The first kappa shape index (κ1) is 10.7. The molecule has 1 heterocycles. The number of hydrogen-bond acceptors (Lipinski definition) is 2. The first-order valence-electron chi connectivity index (χ1n) is 4.88. The van der Waals surface area contributed by atoms with Crippen LogP contribution in [0, 0.1) is 18.8 Å². The lowest BCUT2D eigenvalue weighted by Crippen LogP contribution is -2.21. The number of nitrogens with two attached hydrogens (primary N) is 1. The lowest BCUT2D eigenvalue weighted by atomic mass is 9.91. The molecule has 0 bridgehead atoms. The summed E-state index contributed by atoms with van der Waals surface area (Å²) in [5.41, 5.74) is 7.17. The zero-order valence-electron chi connectivity index (χ0n) is 8.71. The fraction of sp³-hybridized carbons (Fsp3) is 0.636. The van der Waals surface area contributed by atoms with Gasteiger partial charge in [-0.05, 0) is 48.7 Å². The third-order valence-electron chi connectivity index (χ3n) is 2.66. The van der Waals surface area contributed by atoms with Crippen molar-refractivity contribution in [3.05, 3.63) is 21.9 Å². The molecule has 1 aromatic heterocycles. The minimum atomic E-state index is 0.636. The van der Waals surface area contributed by atoms with E-state index in [2.05, 4.69) is 32.2 Å². The summed E-state index contributed by atoms with van der Waals surface area (Å²) in [5.74, 6) is 1.32. The Bertz CT molecular complexity index is 252. The van der Waals surface area contributed by atoms with E-state index in [-0.39, 0.29) is 0 Å². The number of rotatable bonds is 4. The van der Waals surface area contributed by atoms with Crippen LogP contribution in [0.2, 0.25) is 0 Å². The molecule has 0 fully saturated rings. The molecule has 2 N–H and O–H groups in total. The van der Waals surface area contributed by atoms with Crippen molar-refractivity contribution < 1.29 is 0 Å². The van der Waals surface area contributed by atoms with Gasteiger partial charge < -0.3 is 5.73 Å². The predicted molar refractivity (Wildman–Crippen MR) is 60.1 cm³/mol. The smallest absolute Gasteiger partial charge is 0.00777 e. The average Bonchev–Trinajstić information content (AvgIpc) is 2.46. The molecule has 74 valence electrons. The van der Waals surface area contributed by atoms with Crippen molar-refractivity contribution in [1.82, 2.24) is 0 Å². The van der Waals surface area contributed by atoms with Crippen molar-refractivity contribution >= 4 is 11.3 Å². The zero-order valence-corrected chi connectivity index (χ0v) is 9.53. The van der Waals surface area contributed by atoms with Crippen LogP contribution in [0.15, 0.2) is 11.4 Å². The summed E-state index contributed by atoms with van der Waals surface area (Å²) < 4.78 is 0. The van der Waals surface area contributed by atoms with Gasteiger partial charge in [0.2, 0.25) is 0 Å². The molecule has 0 saturated heterocycles. The molecule has 0 spiro atoms. The Labute approximate surface area is 85.0 Å². The highest BCUT2D eigenvalue weighted by Crippen LogP contribution is 2.22. The Kier molecular flexibility index (Phi) is 3.94. The summed E-state index contributed by atoms with van der Waals surface area (Å²) in [6.07, 6.45) is 1.15. The monoisotopic (exact) mass is 197 g/mol. The molecule has 0 aliphatic heterocycles. The SMILES string of the molecule is Cc1ccsc1CC(CN)C(C)C. The second-order valence-corrected chi connectivity index (χ2v) is 4.97. The molecule has 1 atom stereocenters. The molecule has 1 unspecified atom stereocenters. The highest BCUT2D eigenvalue weighted by molar-refractivity contribution is 7.10. The molecule has 0 saturated carbocycles. The van der Waals surface area contributed by atoms with E-state index in [0.29, 0.717) is 11.8 Å². The Hall–Kier alpha value is -0.340. The van der Waals surface area contributed by atoms with E-state index in [9.17, 15) is 0 Å². The van der Waals surface area contributed by atoms with E-state index in [1.54, 1.807) is 0 Å². The molecule has 0 aromatic carbocycles. The Morgan fingerprint density at radius 3 is 2.54 bits per heavy atom. The zero-order chi connectivity index (χ0) is 9.84. The van der Waals surface area contributed by atoms with Crippen molar-refractivity contribution in [3.63, 3.8) is 0 Å². The van der Waals surface area contributed by atoms with Crippen LogP contribution in [0.3, 0.4) is 0 Å². The van der Waals surface area contributed by atoms with Gasteiger partial charge in [0.15, 0.2) is 0 Å². The van der Waals surface area contributed by atoms with E-state index < -0.39 is 0 Å². The topological polar surface area (TPSA) is 26.0 Å². The van der Waals surface area contributed by atoms with Crippen LogP contribution in [0.25, 0.3) is 0 Å². The highest BCUT2D eigenvalue weighted by Gasteiger charge is 2.13. The minimum Gasteiger partial charge on any atom is -0.330 e. The van der Waals surface area contributed by atoms with Crippen molar-refractivity contribution in [2.75, 3.05) is 6.54 Å². The average molecular weight is 197 g/mol. The second-order valence-electron chi connectivity index (χ2n) is 3.97.